The van der Waals surface area contributed by atoms with Gasteiger partial charge in [-0.15, -0.1) is 0 Å². The topological polar surface area (TPSA) is 148 Å². The van der Waals surface area contributed by atoms with Crippen LogP contribution in [0.3, 0.4) is 0 Å². The third-order valence-electron chi connectivity index (χ3n) is 7.92. The van der Waals surface area contributed by atoms with Gasteiger partial charge in [-0.05, 0) is 48.5 Å². The predicted octanol–water partition coefficient (Wildman–Crippen LogP) is 1.17. The van der Waals surface area contributed by atoms with Crippen molar-refractivity contribution in [2.24, 2.45) is 0 Å². The van der Waals surface area contributed by atoms with Crippen LogP contribution in [0.1, 0.15) is 41.4 Å². The molecule has 0 unspecified atom stereocenters. The van der Waals surface area contributed by atoms with Crippen LogP contribution in [0.25, 0.3) is 0 Å². The summed E-state index contributed by atoms with van der Waals surface area (Å²) in [6, 6.07) is 19.8. The van der Waals surface area contributed by atoms with Gasteiger partial charge in [0.1, 0.15) is 6.61 Å². The molecule has 2 N–H and O–H groups in total. The number of morpholine rings is 1. The average molecular weight is 599 g/mol. The molecule has 1 saturated heterocycles. The van der Waals surface area contributed by atoms with Crippen molar-refractivity contribution in [3.8, 4) is 0 Å². The van der Waals surface area contributed by atoms with Crippen molar-refractivity contribution in [1.82, 2.24) is 9.80 Å². The minimum Gasteiger partial charge on any atom is -0.389 e. The maximum absolute atomic E-state index is 12.9. The number of amides is 5. The van der Waals surface area contributed by atoms with Gasteiger partial charge >= 0.3 is 0 Å². The first-order chi connectivity index (χ1) is 21.2. The summed E-state index contributed by atoms with van der Waals surface area (Å²) in [7, 11) is 0. The fraction of sp³-hybridized carbons (Fsp3) is 0.281. The standard InChI is InChI=1S/C32H30N4O8/c37-22(17-35-29(40)24-5-1-2-6-25(24)30(35)41)15-33(20-9-11-21(12-10-20)34-13-14-44-19-28(34)39)16-23(38)18-36-31(42)26-7-3-4-8-27(26)32(36)43/h1-12,22-23,37-38H,13-19H2/t22-,23+. The summed E-state index contributed by atoms with van der Waals surface area (Å²) < 4.78 is 5.20. The lowest BCUT2D eigenvalue weighted by Crippen LogP contribution is -2.47. The number of imide groups is 2. The molecular weight excluding hydrogens is 568 g/mol. The summed E-state index contributed by atoms with van der Waals surface area (Å²) in [6.45, 7) is 0.0512. The molecule has 1 fully saturated rings. The van der Waals surface area contributed by atoms with E-state index in [0.717, 1.165) is 9.80 Å². The molecule has 5 amide bonds. The van der Waals surface area contributed by atoms with Gasteiger partial charge in [0, 0.05) is 31.0 Å². The maximum Gasteiger partial charge on any atom is 0.261 e. The number of aliphatic hydroxyl groups is 2. The molecule has 6 rings (SSSR count). The Bertz CT molecular complexity index is 1490. The highest BCUT2D eigenvalue weighted by Crippen LogP contribution is 2.26. The third kappa shape index (κ3) is 5.46. The number of nitrogens with zero attached hydrogens (tertiary/aromatic N) is 4. The number of carbonyl (C=O) groups excluding carboxylic acids is 5. The van der Waals surface area contributed by atoms with Gasteiger partial charge in [0.25, 0.3) is 29.5 Å². The van der Waals surface area contributed by atoms with Crippen LogP contribution in [-0.4, -0.2) is 108 Å². The molecule has 0 spiro atoms. The van der Waals surface area contributed by atoms with Gasteiger partial charge in [0.15, 0.2) is 0 Å². The Hall–Kier alpha value is -4.91. The number of hydrogen-bond donors (Lipinski definition) is 2. The van der Waals surface area contributed by atoms with Gasteiger partial charge < -0.3 is 24.7 Å². The SMILES string of the molecule is O=C1c2ccccc2C(=O)N1C[C@@H](O)CN(C[C@@H](O)CN1C(=O)c2ccccc2C1=O)c1ccc(N2CCOCC2=O)cc1. The van der Waals surface area contributed by atoms with Crippen LogP contribution in [0.15, 0.2) is 72.8 Å². The minimum atomic E-state index is -1.20. The lowest BCUT2D eigenvalue weighted by molar-refractivity contribution is -0.125. The Kier molecular flexibility index (Phi) is 7.95. The second kappa shape index (κ2) is 12.0. The fourth-order valence-electron chi connectivity index (χ4n) is 5.78. The van der Waals surface area contributed by atoms with Crippen LogP contribution in [0, 0.1) is 0 Å². The Morgan fingerprint density at radius 3 is 1.50 bits per heavy atom. The van der Waals surface area contributed by atoms with Crippen molar-refractivity contribution in [3.63, 3.8) is 0 Å². The average Bonchev–Trinajstić information content (AvgIpc) is 3.41. The Morgan fingerprint density at radius 1 is 0.659 bits per heavy atom. The van der Waals surface area contributed by atoms with Crippen LogP contribution in [0.5, 0.6) is 0 Å². The van der Waals surface area contributed by atoms with Gasteiger partial charge in [-0.25, -0.2) is 0 Å². The molecule has 2 atom stereocenters. The van der Waals surface area contributed by atoms with E-state index in [9.17, 15) is 34.2 Å². The lowest BCUT2D eigenvalue weighted by Gasteiger charge is -2.32. The van der Waals surface area contributed by atoms with Gasteiger partial charge in [-0.2, -0.15) is 0 Å². The van der Waals surface area contributed by atoms with E-state index in [1.165, 1.54) is 0 Å². The highest BCUT2D eigenvalue weighted by Gasteiger charge is 2.38. The van der Waals surface area contributed by atoms with Crippen LogP contribution in [-0.2, 0) is 9.53 Å². The highest BCUT2D eigenvalue weighted by molar-refractivity contribution is 6.22. The molecule has 3 aromatic rings. The van der Waals surface area contributed by atoms with E-state index in [-0.39, 0.29) is 60.9 Å². The summed E-state index contributed by atoms with van der Waals surface area (Å²) >= 11 is 0. The second-order valence-electron chi connectivity index (χ2n) is 10.9. The number of carbonyl (C=O) groups is 5. The number of ether oxygens (including phenoxy) is 1. The highest BCUT2D eigenvalue weighted by atomic mass is 16.5. The van der Waals surface area contributed by atoms with E-state index < -0.39 is 35.8 Å². The molecule has 0 aromatic heterocycles. The molecular formula is C32H30N4O8. The van der Waals surface area contributed by atoms with E-state index in [1.807, 2.05) is 0 Å². The molecule has 3 aromatic carbocycles. The van der Waals surface area contributed by atoms with Crippen molar-refractivity contribution in [2.45, 2.75) is 12.2 Å². The zero-order chi connectivity index (χ0) is 31.0. The summed E-state index contributed by atoms with van der Waals surface area (Å²) in [5.74, 6) is -2.17. The predicted molar refractivity (Wildman–Crippen MR) is 157 cm³/mol. The maximum atomic E-state index is 12.9. The third-order valence-corrected chi connectivity index (χ3v) is 7.92. The molecule has 12 nitrogen and oxygen atoms in total. The smallest absolute Gasteiger partial charge is 0.261 e. The number of β-amino-alcohol motifs (C(OH)–C–C–N with tert-alkyl or cyclic N) is 2. The molecule has 0 saturated carbocycles. The molecule has 44 heavy (non-hydrogen) atoms. The van der Waals surface area contributed by atoms with Crippen LogP contribution >= 0.6 is 0 Å². The van der Waals surface area contributed by atoms with Gasteiger partial charge in [-0.3, -0.25) is 33.8 Å². The normalized spacial score (nSPS) is 17.7. The summed E-state index contributed by atoms with van der Waals surface area (Å²) in [5.41, 5.74) is 2.30. The Morgan fingerprint density at radius 2 is 1.09 bits per heavy atom. The first kappa shape index (κ1) is 29.2. The molecule has 0 bridgehead atoms. The van der Waals surface area contributed by atoms with Gasteiger partial charge in [0.05, 0.1) is 54.2 Å². The Labute approximate surface area is 252 Å². The van der Waals surface area contributed by atoms with Crippen LogP contribution in [0.2, 0.25) is 0 Å². The van der Waals surface area contributed by atoms with Crippen molar-refractivity contribution in [3.05, 3.63) is 95.1 Å². The van der Waals surface area contributed by atoms with Crippen molar-refractivity contribution < 1.29 is 38.9 Å². The zero-order valence-electron chi connectivity index (χ0n) is 23.7. The van der Waals surface area contributed by atoms with E-state index in [2.05, 4.69) is 0 Å². The van der Waals surface area contributed by atoms with Crippen LogP contribution < -0.4 is 9.80 Å². The molecule has 3 aliphatic rings. The van der Waals surface area contributed by atoms with Gasteiger partial charge in [0.2, 0.25) is 0 Å². The fourth-order valence-corrected chi connectivity index (χ4v) is 5.78. The number of aliphatic hydroxyl groups excluding tert-OH is 2. The molecule has 226 valence electrons. The monoisotopic (exact) mass is 598 g/mol. The van der Waals surface area contributed by atoms with Crippen molar-refractivity contribution in [2.75, 3.05) is 55.7 Å². The molecule has 3 heterocycles. The van der Waals surface area contributed by atoms with E-state index in [0.29, 0.717) is 24.5 Å². The van der Waals surface area contributed by atoms with Gasteiger partial charge in [-0.1, -0.05) is 24.3 Å². The van der Waals surface area contributed by atoms with Crippen LogP contribution in [0.4, 0.5) is 11.4 Å². The summed E-state index contributed by atoms with van der Waals surface area (Å²) in [5, 5.41) is 22.2. The molecule has 3 aliphatic heterocycles. The van der Waals surface area contributed by atoms with Crippen molar-refractivity contribution in [1.29, 1.82) is 0 Å². The molecule has 12 heteroatoms. The number of fused-ring (bicyclic) bond motifs is 2. The molecule has 0 aliphatic carbocycles. The quantitative estimate of drug-likeness (QED) is 0.328. The van der Waals surface area contributed by atoms with E-state index in [4.69, 9.17) is 4.74 Å². The second-order valence-corrected chi connectivity index (χ2v) is 10.9. The van der Waals surface area contributed by atoms with E-state index >= 15 is 0 Å². The lowest BCUT2D eigenvalue weighted by atomic mass is 10.1. The minimum absolute atomic E-state index is 0.0120. The number of benzene rings is 3. The largest absolute Gasteiger partial charge is 0.389 e. The number of rotatable bonds is 10. The zero-order valence-corrected chi connectivity index (χ0v) is 23.7. The Balaban J connectivity index is 1.19. The molecule has 0 radical (unpaired) electrons. The summed E-state index contributed by atoms with van der Waals surface area (Å²) in [4.78, 5) is 69.0. The number of anilines is 2. The first-order valence-corrected chi connectivity index (χ1v) is 14.2. The van der Waals surface area contributed by atoms with E-state index in [1.54, 1.807) is 82.6 Å². The first-order valence-electron chi connectivity index (χ1n) is 14.2. The number of hydrogen-bond acceptors (Lipinski definition) is 9. The van der Waals surface area contributed by atoms with Crippen molar-refractivity contribution >= 4 is 40.9 Å². The summed E-state index contributed by atoms with van der Waals surface area (Å²) in [6.07, 6.45) is -2.41.